The molecule has 18 heavy (non-hydrogen) atoms. The van der Waals surface area contributed by atoms with Crippen molar-refractivity contribution in [2.45, 2.75) is 18.9 Å². The number of imidazole rings is 1. The van der Waals surface area contributed by atoms with Gasteiger partial charge in [-0.05, 0) is 38.1 Å². The van der Waals surface area contributed by atoms with E-state index in [1.807, 2.05) is 30.6 Å². The predicted octanol–water partition coefficient (Wildman–Crippen LogP) is 2.04. The Morgan fingerprint density at radius 1 is 1.17 bits per heavy atom. The van der Waals surface area contributed by atoms with Crippen LogP contribution in [-0.4, -0.2) is 28.7 Å². The molecule has 2 N–H and O–H groups in total. The summed E-state index contributed by atoms with van der Waals surface area (Å²) in [6.45, 7) is 2.17. The highest BCUT2D eigenvalue weighted by atomic mass is 15.2. The minimum atomic E-state index is 0.524. The van der Waals surface area contributed by atoms with Crippen LogP contribution in [0.1, 0.15) is 12.8 Å². The lowest BCUT2D eigenvalue weighted by molar-refractivity contribution is 0.477. The summed E-state index contributed by atoms with van der Waals surface area (Å²) in [7, 11) is 0. The van der Waals surface area contributed by atoms with Gasteiger partial charge in [-0.2, -0.15) is 0 Å². The molecule has 0 atom stereocenters. The number of hydrogen-bond donors (Lipinski definition) is 2. The van der Waals surface area contributed by atoms with Crippen LogP contribution in [0.3, 0.4) is 0 Å². The molecule has 0 bridgehead atoms. The third kappa shape index (κ3) is 2.38. The van der Waals surface area contributed by atoms with E-state index in [2.05, 4.69) is 32.3 Å². The molecule has 4 nitrogen and oxygen atoms in total. The minimum Gasteiger partial charge on any atom is -0.353 e. The quantitative estimate of drug-likeness (QED) is 0.865. The monoisotopic (exact) mass is 242 g/mol. The first-order chi connectivity index (χ1) is 8.93. The van der Waals surface area contributed by atoms with Crippen LogP contribution >= 0.6 is 0 Å². The van der Waals surface area contributed by atoms with E-state index in [1.165, 1.54) is 0 Å². The van der Waals surface area contributed by atoms with Gasteiger partial charge in [-0.1, -0.05) is 18.2 Å². The molecule has 0 aliphatic carbocycles. The van der Waals surface area contributed by atoms with Crippen molar-refractivity contribution in [3.63, 3.8) is 0 Å². The van der Waals surface area contributed by atoms with Gasteiger partial charge < -0.3 is 10.6 Å². The number of benzene rings is 1. The molecule has 1 fully saturated rings. The Morgan fingerprint density at radius 3 is 2.72 bits per heavy atom. The number of anilines is 1. The van der Waals surface area contributed by atoms with Crippen LogP contribution in [0.25, 0.3) is 5.69 Å². The van der Waals surface area contributed by atoms with Crippen LogP contribution in [0.15, 0.2) is 42.7 Å². The molecule has 4 heteroatoms. The largest absolute Gasteiger partial charge is 0.353 e. The summed E-state index contributed by atoms with van der Waals surface area (Å²) < 4.78 is 2.10. The Morgan fingerprint density at radius 2 is 1.94 bits per heavy atom. The number of nitrogens with zero attached hydrogens (tertiary/aromatic N) is 2. The van der Waals surface area contributed by atoms with Crippen LogP contribution in [0, 0.1) is 0 Å². The maximum absolute atomic E-state index is 4.42. The van der Waals surface area contributed by atoms with Crippen molar-refractivity contribution in [1.82, 2.24) is 14.9 Å². The molecule has 0 amide bonds. The zero-order valence-electron chi connectivity index (χ0n) is 10.3. The standard InChI is InChI=1S/C14H18N4/c1-2-4-13(5-3-1)18-11-10-16-14(18)17-12-6-8-15-9-7-12/h1-5,10-12,15H,6-9H2,(H,16,17). The van der Waals surface area contributed by atoms with E-state index in [0.29, 0.717) is 6.04 Å². The second-order valence-electron chi connectivity index (χ2n) is 4.63. The number of aromatic nitrogens is 2. The van der Waals surface area contributed by atoms with Gasteiger partial charge in [0.25, 0.3) is 0 Å². The Hall–Kier alpha value is -1.81. The van der Waals surface area contributed by atoms with E-state index < -0.39 is 0 Å². The smallest absolute Gasteiger partial charge is 0.207 e. The maximum atomic E-state index is 4.42. The second-order valence-corrected chi connectivity index (χ2v) is 4.63. The molecule has 1 aromatic carbocycles. The molecule has 0 saturated carbocycles. The molecular weight excluding hydrogens is 224 g/mol. The fraction of sp³-hybridized carbons (Fsp3) is 0.357. The maximum Gasteiger partial charge on any atom is 0.207 e. The van der Waals surface area contributed by atoms with Gasteiger partial charge in [0.2, 0.25) is 5.95 Å². The van der Waals surface area contributed by atoms with Gasteiger partial charge in [-0.3, -0.25) is 4.57 Å². The topological polar surface area (TPSA) is 41.9 Å². The Kier molecular flexibility index (Phi) is 3.28. The average molecular weight is 242 g/mol. The number of rotatable bonds is 3. The first kappa shape index (κ1) is 11.3. The van der Waals surface area contributed by atoms with E-state index in [-0.39, 0.29) is 0 Å². The summed E-state index contributed by atoms with van der Waals surface area (Å²) >= 11 is 0. The predicted molar refractivity (Wildman–Crippen MR) is 73.1 cm³/mol. The molecule has 3 rings (SSSR count). The van der Waals surface area contributed by atoms with E-state index in [9.17, 15) is 0 Å². The molecule has 2 heterocycles. The van der Waals surface area contributed by atoms with Crippen molar-refractivity contribution in [2.75, 3.05) is 18.4 Å². The Labute approximate surface area is 107 Å². The molecule has 0 spiro atoms. The Balaban J connectivity index is 1.79. The van der Waals surface area contributed by atoms with Crippen molar-refractivity contribution in [1.29, 1.82) is 0 Å². The van der Waals surface area contributed by atoms with E-state index in [4.69, 9.17) is 0 Å². The fourth-order valence-corrected chi connectivity index (χ4v) is 2.36. The molecule has 1 aliphatic rings. The molecule has 2 aromatic rings. The van der Waals surface area contributed by atoms with Crippen molar-refractivity contribution in [2.24, 2.45) is 0 Å². The lowest BCUT2D eigenvalue weighted by Gasteiger charge is -2.24. The van der Waals surface area contributed by atoms with Gasteiger partial charge in [0, 0.05) is 24.1 Å². The Bertz CT molecular complexity index is 486. The zero-order valence-corrected chi connectivity index (χ0v) is 10.3. The molecule has 1 aliphatic heterocycles. The highest BCUT2D eigenvalue weighted by Gasteiger charge is 2.15. The molecule has 0 radical (unpaired) electrons. The number of para-hydroxylation sites is 1. The van der Waals surface area contributed by atoms with Crippen molar-refractivity contribution >= 4 is 5.95 Å². The van der Waals surface area contributed by atoms with E-state index >= 15 is 0 Å². The summed E-state index contributed by atoms with van der Waals surface area (Å²) in [5.41, 5.74) is 1.14. The van der Waals surface area contributed by atoms with Gasteiger partial charge in [0.15, 0.2) is 0 Å². The number of nitrogens with one attached hydrogen (secondary N) is 2. The van der Waals surface area contributed by atoms with E-state index in [1.54, 1.807) is 0 Å². The van der Waals surface area contributed by atoms with Gasteiger partial charge >= 0.3 is 0 Å². The molecular formula is C14H18N4. The lowest BCUT2D eigenvalue weighted by Crippen LogP contribution is -2.35. The van der Waals surface area contributed by atoms with E-state index in [0.717, 1.165) is 37.6 Å². The minimum absolute atomic E-state index is 0.524. The normalized spacial score (nSPS) is 16.7. The molecule has 1 saturated heterocycles. The van der Waals surface area contributed by atoms with Crippen LogP contribution < -0.4 is 10.6 Å². The van der Waals surface area contributed by atoms with Crippen molar-refractivity contribution in [3.05, 3.63) is 42.7 Å². The third-order valence-corrected chi connectivity index (χ3v) is 3.35. The zero-order chi connectivity index (χ0) is 12.2. The first-order valence-electron chi connectivity index (χ1n) is 6.49. The molecule has 1 aromatic heterocycles. The fourth-order valence-electron chi connectivity index (χ4n) is 2.36. The summed E-state index contributed by atoms with van der Waals surface area (Å²) in [6, 6.07) is 10.8. The summed E-state index contributed by atoms with van der Waals surface area (Å²) in [4.78, 5) is 4.42. The third-order valence-electron chi connectivity index (χ3n) is 3.35. The van der Waals surface area contributed by atoms with Crippen LogP contribution in [0.5, 0.6) is 0 Å². The highest BCUT2D eigenvalue weighted by Crippen LogP contribution is 2.16. The SMILES string of the molecule is c1ccc(-n2ccnc2NC2CCNCC2)cc1. The molecule has 0 unspecified atom stereocenters. The number of piperidine rings is 1. The van der Waals surface area contributed by atoms with Crippen molar-refractivity contribution < 1.29 is 0 Å². The number of hydrogen-bond acceptors (Lipinski definition) is 3. The van der Waals surface area contributed by atoms with Crippen LogP contribution in [-0.2, 0) is 0 Å². The lowest BCUT2D eigenvalue weighted by atomic mass is 10.1. The van der Waals surface area contributed by atoms with Crippen LogP contribution in [0.4, 0.5) is 5.95 Å². The van der Waals surface area contributed by atoms with Crippen molar-refractivity contribution in [3.8, 4) is 5.69 Å². The van der Waals surface area contributed by atoms with Gasteiger partial charge in [-0.15, -0.1) is 0 Å². The first-order valence-corrected chi connectivity index (χ1v) is 6.49. The average Bonchev–Trinajstić information content (AvgIpc) is 2.89. The van der Waals surface area contributed by atoms with Gasteiger partial charge in [-0.25, -0.2) is 4.98 Å². The van der Waals surface area contributed by atoms with Gasteiger partial charge in [0.1, 0.15) is 0 Å². The summed E-state index contributed by atoms with van der Waals surface area (Å²) in [5, 5.41) is 6.91. The second kappa shape index (κ2) is 5.23. The highest BCUT2D eigenvalue weighted by molar-refractivity contribution is 5.42. The molecule has 94 valence electrons. The summed E-state index contributed by atoms with van der Waals surface area (Å²) in [5.74, 6) is 0.938. The van der Waals surface area contributed by atoms with Crippen LogP contribution in [0.2, 0.25) is 0 Å². The summed E-state index contributed by atoms with van der Waals surface area (Å²) in [6.07, 6.45) is 6.15. The van der Waals surface area contributed by atoms with Gasteiger partial charge in [0.05, 0.1) is 0 Å².